The van der Waals surface area contributed by atoms with Crippen molar-refractivity contribution < 1.29 is 4.42 Å². The molecule has 3 aromatic heterocycles. The molecule has 0 bridgehead atoms. The minimum Gasteiger partial charge on any atom is -0.436 e. The first-order chi connectivity index (χ1) is 24.7. The molecule has 0 fully saturated rings. The van der Waals surface area contributed by atoms with Gasteiger partial charge in [0.15, 0.2) is 5.82 Å². The number of aromatic nitrogens is 4. The summed E-state index contributed by atoms with van der Waals surface area (Å²) in [5.41, 5.74) is 9.89. The molecule has 6 heteroatoms. The molecule has 10 rings (SSSR count). The van der Waals surface area contributed by atoms with Crippen LogP contribution in [0.2, 0.25) is 0 Å². The van der Waals surface area contributed by atoms with Crippen LogP contribution in [0, 0.1) is 0 Å². The third-order valence-electron chi connectivity index (χ3n) is 9.41. The maximum absolute atomic E-state index is 6.28. The molecule has 0 saturated heterocycles. The van der Waals surface area contributed by atoms with Crippen LogP contribution in [0.15, 0.2) is 169 Å². The molecule has 0 radical (unpaired) electrons. The van der Waals surface area contributed by atoms with Gasteiger partial charge < -0.3 is 4.42 Å². The van der Waals surface area contributed by atoms with Crippen LogP contribution in [0.5, 0.6) is 0 Å². The topological polar surface area (TPSA) is 67.9 Å². The van der Waals surface area contributed by atoms with E-state index in [0.717, 1.165) is 38.9 Å². The minimum absolute atomic E-state index is 0.457. The average Bonchev–Trinajstić information content (AvgIpc) is 3.53. The summed E-state index contributed by atoms with van der Waals surface area (Å²) in [5.74, 6) is 0.647. The monoisotopic (exact) mass is 641 g/mol. The summed E-state index contributed by atoms with van der Waals surface area (Å²) < 4.78 is 6.28. The van der Waals surface area contributed by atoms with E-state index in [1.807, 2.05) is 18.3 Å². The van der Waals surface area contributed by atoms with Gasteiger partial charge in [0.2, 0.25) is 5.71 Å². The number of anilines is 3. The summed E-state index contributed by atoms with van der Waals surface area (Å²) in [7, 11) is 0. The molecule has 0 aliphatic rings. The lowest BCUT2D eigenvalue weighted by molar-refractivity contribution is 0.653. The van der Waals surface area contributed by atoms with Gasteiger partial charge in [-0.25, -0.2) is 4.98 Å². The van der Waals surface area contributed by atoms with Crippen LogP contribution in [0.3, 0.4) is 0 Å². The number of rotatable bonds is 5. The van der Waals surface area contributed by atoms with Crippen molar-refractivity contribution in [1.29, 1.82) is 0 Å². The van der Waals surface area contributed by atoms with Gasteiger partial charge in [0.25, 0.3) is 0 Å². The highest BCUT2D eigenvalue weighted by Gasteiger charge is 2.19. The Kier molecular flexibility index (Phi) is 6.39. The summed E-state index contributed by atoms with van der Waals surface area (Å²) >= 11 is 0. The molecule has 0 unspecified atom stereocenters. The van der Waals surface area contributed by atoms with E-state index in [4.69, 9.17) is 14.4 Å². The molecule has 0 aliphatic heterocycles. The zero-order chi connectivity index (χ0) is 33.0. The van der Waals surface area contributed by atoms with E-state index in [1.165, 1.54) is 32.7 Å². The van der Waals surface area contributed by atoms with Crippen LogP contribution >= 0.6 is 0 Å². The van der Waals surface area contributed by atoms with Crippen molar-refractivity contribution in [2.45, 2.75) is 0 Å². The van der Waals surface area contributed by atoms with Crippen molar-refractivity contribution in [1.82, 2.24) is 19.9 Å². The first-order valence-corrected chi connectivity index (χ1v) is 16.5. The van der Waals surface area contributed by atoms with Crippen molar-refractivity contribution in [3.8, 4) is 22.3 Å². The summed E-state index contributed by atoms with van der Waals surface area (Å²) in [5, 5.41) is 5.75. The molecule has 0 N–H and O–H groups in total. The summed E-state index contributed by atoms with van der Waals surface area (Å²) in [6.07, 6.45) is 5.18. The maximum atomic E-state index is 6.28. The van der Waals surface area contributed by atoms with Gasteiger partial charge in [-0.05, 0) is 86.3 Å². The molecular weight excluding hydrogens is 615 g/mol. The van der Waals surface area contributed by atoms with Crippen LogP contribution in [0.1, 0.15) is 0 Å². The van der Waals surface area contributed by atoms with E-state index in [9.17, 15) is 0 Å². The summed E-state index contributed by atoms with van der Waals surface area (Å²) in [4.78, 5) is 21.0. The van der Waals surface area contributed by atoms with Gasteiger partial charge in [0.05, 0.1) is 22.6 Å². The van der Waals surface area contributed by atoms with Crippen LogP contribution in [0.4, 0.5) is 17.2 Å². The van der Waals surface area contributed by atoms with Gasteiger partial charge in [0, 0.05) is 29.8 Å². The van der Waals surface area contributed by atoms with Crippen LogP contribution in [0.25, 0.3) is 77.0 Å². The fourth-order valence-corrected chi connectivity index (χ4v) is 6.85. The molecule has 0 saturated carbocycles. The minimum atomic E-state index is 0.457. The molecule has 10 aromatic rings. The molecule has 0 spiro atoms. The van der Waals surface area contributed by atoms with E-state index in [2.05, 4.69) is 148 Å². The predicted octanol–water partition coefficient (Wildman–Crippen LogP) is 11.4. The second kappa shape index (κ2) is 11.4. The summed E-state index contributed by atoms with van der Waals surface area (Å²) in [6.45, 7) is 0. The SMILES string of the molecule is c1ccc2cc(-c3ccc(N(c4ccc(-c5ccc6ccccc6c5)cc4)c4cnc5c(n4)oc4cc6nccnc6cc45)cc3)ccc2c1. The quantitative estimate of drug-likeness (QED) is 0.186. The van der Waals surface area contributed by atoms with Gasteiger partial charge in [0.1, 0.15) is 11.1 Å². The van der Waals surface area contributed by atoms with Gasteiger partial charge in [-0.15, -0.1) is 0 Å². The highest BCUT2D eigenvalue weighted by Crippen LogP contribution is 2.38. The Balaban J connectivity index is 1.08. The fraction of sp³-hybridized carbons (Fsp3) is 0. The number of nitrogens with zero attached hydrogens (tertiary/aromatic N) is 5. The Morgan fingerprint density at radius 2 is 0.980 bits per heavy atom. The smallest absolute Gasteiger partial charge is 0.248 e. The summed E-state index contributed by atoms with van der Waals surface area (Å²) in [6, 6.07) is 51.1. The van der Waals surface area contributed by atoms with Crippen molar-refractivity contribution in [2.24, 2.45) is 0 Å². The molecular formula is C44H27N5O. The van der Waals surface area contributed by atoms with Crippen LogP contribution in [-0.2, 0) is 0 Å². The Labute approximate surface area is 287 Å². The maximum Gasteiger partial charge on any atom is 0.248 e. The lowest BCUT2D eigenvalue weighted by Gasteiger charge is -2.24. The van der Waals surface area contributed by atoms with E-state index < -0.39 is 0 Å². The average molecular weight is 642 g/mol. The number of benzene rings is 7. The highest BCUT2D eigenvalue weighted by molar-refractivity contribution is 6.06. The standard InChI is InChI=1S/C44H27N5O/c1-3-7-32-23-34(11-9-28(32)5-1)30-13-17-36(18-14-30)49(37-19-15-31(16-20-37)35-12-10-29-6-2-4-8-33(29)24-35)42-27-47-43-38-25-39-40(46-22-21-45-39)26-41(38)50-44(43)48-42/h1-27H. The van der Waals surface area contributed by atoms with E-state index in [-0.39, 0.29) is 0 Å². The van der Waals surface area contributed by atoms with E-state index in [1.54, 1.807) is 12.4 Å². The van der Waals surface area contributed by atoms with E-state index >= 15 is 0 Å². The molecule has 0 aliphatic carbocycles. The number of hydrogen-bond acceptors (Lipinski definition) is 6. The Morgan fingerprint density at radius 3 is 1.56 bits per heavy atom. The number of hydrogen-bond donors (Lipinski definition) is 0. The Hall–Kier alpha value is -6.92. The zero-order valence-corrected chi connectivity index (χ0v) is 26.7. The van der Waals surface area contributed by atoms with Gasteiger partial charge in [-0.1, -0.05) is 97.1 Å². The largest absolute Gasteiger partial charge is 0.436 e. The van der Waals surface area contributed by atoms with Gasteiger partial charge in [-0.3, -0.25) is 14.9 Å². The second-order valence-electron chi connectivity index (χ2n) is 12.4. The third-order valence-corrected chi connectivity index (χ3v) is 9.41. The normalized spacial score (nSPS) is 11.6. The number of furan rings is 1. The van der Waals surface area contributed by atoms with Crippen LogP contribution < -0.4 is 4.90 Å². The molecule has 3 heterocycles. The van der Waals surface area contributed by atoms with Gasteiger partial charge in [-0.2, -0.15) is 4.98 Å². The molecule has 0 amide bonds. The van der Waals surface area contributed by atoms with Crippen molar-refractivity contribution in [3.05, 3.63) is 164 Å². The molecule has 50 heavy (non-hydrogen) atoms. The predicted molar refractivity (Wildman–Crippen MR) is 203 cm³/mol. The Morgan fingerprint density at radius 1 is 0.460 bits per heavy atom. The zero-order valence-electron chi connectivity index (χ0n) is 26.7. The molecule has 6 nitrogen and oxygen atoms in total. The lowest BCUT2D eigenvalue weighted by atomic mass is 10.0. The fourth-order valence-electron chi connectivity index (χ4n) is 6.85. The van der Waals surface area contributed by atoms with Crippen molar-refractivity contribution >= 4 is 72.0 Å². The lowest BCUT2D eigenvalue weighted by Crippen LogP contribution is -2.12. The highest BCUT2D eigenvalue weighted by atomic mass is 16.3. The second-order valence-corrected chi connectivity index (χ2v) is 12.4. The van der Waals surface area contributed by atoms with E-state index in [0.29, 0.717) is 22.6 Å². The van der Waals surface area contributed by atoms with Gasteiger partial charge >= 0.3 is 0 Å². The van der Waals surface area contributed by atoms with Crippen molar-refractivity contribution in [3.63, 3.8) is 0 Å². The first kappa shape index (κ1) is 28.1. The Bertz CT molecular complexity index is 2760. The molecule has 0 atom stereocenters. The molecule has 234 valence electrons. The molecule has 7 aromatic carbocycles. The third kappa shape index (κ3) is 4.81. The first-order valence-electron chi connectivity index (χ1n) is 16.5. The van der Waals surface area contributed by atoms with Crippen molar-refractivity contribution in [2.75, 3.05) is 4.90 Å². The van der Waals surface area contributed by atoms with Crippen LogP contribution in [-0.4, -0.2) is 19.9 Å². The number of fused-ring (bicyclic) bond motifs is 6.